The minimum absolute atomic E-state index is 0.0151. The van der Waals surface area contributed by atoms with Crippen LogP contribution in [0.1, 0.15) is 12.3 Å². The van der Waals surface area contributed by atoms with Gasteiger partial charge in [0.2, 0.25) is 23.4 Å². The molecule has 2 aromatic carbocycles. The maximum atomic E-state index is 13.4. The van der Waals surface area contributed by atoms with Gasteiger partial charge in [0.25, 0.3) is 0 Å². The smallest absolute Gasteiger partial charge is 0.306 e. The number of amides is 1. The van der Waals surface area contributed by atoms with Crippen molar-refractivity contribution >= 4 is 17.3 Å². The van der Waals surface area contributed by atoms with Gasteiger partial charge in [-0.1, -0.05) is 5.16 Å². The first kappa shape index (κ1) is 20.7. The third kappa shape index (κ3) is 4.69. The minimum Gasteiger partial charge on any atom is -0.493 e. The van der Waals surface area contributed by atoms with Crippen molar-refractivity contribution in [3.05, 3.63) is 58.2 Å². The number of aryl methyl sites for hydroxylation is 1. The number of hydrogen-bond acceptors (Lipinski definition) is 8. The van der Waals surface area contributed by atoms with Crippen LogP contribution in [0.15, 0.2) is 40.9 Å². The molecule has 0 fully saturated rings. The van der Waals surface area contributed by atoms with Crippen molar-refractivity contribution in [1.82, 2.24) is 10.1 Å². The fraction of sp³-hybridized carbons (Fsp3) is 0.211. The molecule has 0 radical (unpaired) electrons. The van der Waals surface area contributed by atoms with Gasteiger partial charge < -0.3 is 19.3 Å². The lowest BCUT2D eigenvalue weighted by atomic mass is 10.2. The lowest BCUT2D eigenvalue weighted by Crippen LogP contribution is -2.12. The van der Waals surface area contributed by atoms with Crippen LogP contribution in [0.25, 0.3) is 11.4 Å². The molecule has 3 aromatic rings. The van der Waals surface area contributed by atoms with Crippen LogP contribution in [0.3, 0.4) is 0 Å². The van der Waals surface area contributed by atoms with Crippen molar-refractivity contribution in [1.29, 1.82) is 0 Å². The zero-order valence-electron chi connectivity index (χ0n) is 16.0. The summed E-state index contributed by atoms with van der Waals surface area (Å²) in [7, 11) is 3.04. The van der Waals surface area contributed by atoms with Gasteiger partial charge in [-0.25, -0.2) is 0 Å². The van der Waals surface area contributed by atoms with Crippen molar-refractivity contribution in [2.45, 2.75) is 12.8 Å². The zero-order valence-corrected chi connectivity index (χ0v) is 16.0. The average Bonchev–Trinajstić information content (AvgIpc) is 3.22. The maximum Gasteiger partial charge on any atom is 0.306 e. The molecule has 0 aliphatic heterocycles. The Kier molecular flexibility index (Phi) is 6.20. The molecule has 1 N–H and O–H groups in total. The van der Waals surface area contributed by atoms with E-state index in [1.807, 2.05) is 0 Å². The summed E-state index contributed by atoms with van der Waals surface area (Å²) in [5.74, 6) is 0.200. The van der Waals surface area contributed by atoms with Crippen LogP contribution in [0.5, 0.6) is 11.5 Å². The molecule has 0 atom stereocenters. The van der Waals surface area contributed by atoms with Gasteiger partial charge in [-0.05, 0) is 30.3 Å². The summed E-state index contributed by atoms with van der Waals surface area (Å²) in [5.41, 5.74) is 0.0413. The van der Waals surface area contributed by atoms with Crippen LogP contribution in [-0.2, 0) is 11.2 Å². The fourth-order valence-corrected chi connectivity index (χ4v) is 2.62. The Bertz CT molecular complexity index is 1080. The summed E-state index contributed by atoms with van der Waals surface area (Å²) in [6.45, 7) is 0. The Morgan fingerprint density at radius 3 is 2.67 bits per heavy atom. The number of nitro groups is 1. The number of methoxy groups -OCH3 is 2. The molecule has 0 aliphatic carbocycles. The van der Waals surface area contributed by atoms with Gasteiger partial charge in [-0.2, -0.15) is 9.37 Å². The van der Waals surface area contributed by atoms with Crippen molar-refractivity contribution in [3.8, 4) is 22.9 Å². The maximum absolute atomic E-state index is 13.4. The fourth-order valence-electron chi connectivity index (χ4n) is 2.62. The summed E-state index contributed by atoms with van der Waals surface area (Å²) >= 11 is 0. The standard InChI is InChI=1S/C19H17FN4O6/c1-28-15-6-3-11(9-16(15)29-2)19-22-18(30-23-19)8-7-17(25)21-12-4-5-13(20)14(10-12)24(26)27/h3-6,9-10H,7-8H2,1-2H3,(H,21,25). The van der Waals surface area contributed by atoms with E-state index in [-0.39, 0.29) is 24.4 Å². The number of nitro benzene ring substituents is 1. The average molecular weight is 416 g/mol. The molecule has 0 saturated heterocycles. The predicted octanol–water partition coefficient (Wildman–Crippen LogP) is 3.37. The Morgan fingerprint density at radius 2 is 1.97 bits per heavy atom. The Morgan fingerprint density at radius 1 is 1.20 bits per heavy atom. The molecule has 10 nitrogen and oxygen atoms in total. The van der Waals surface area contributed by atoms with E-state index in [9.17, 15) is 19.3 Å². The lowest BCUT2D eigenvalue weighted by molar-refractivity contribution is -0.387. The lowest BCUT2D eigenvalue weighted by Gasteiger charge is -2.07. The molecular formula is C19H17FN4O6. The molecule has 1 heterocycles. The molecule has 1 aromatic heterocycles. The van der Waals surface area contributed by atoms with E-state index in [4.69, 9.17) is 14.0 Å². The second-order valence-electron chi connectivity index (χ2n) is 6.05. The highest BCUT2D eigenvalue weighted by Gasteiger charge is 2.16. The summed E-state index contributed by atoms with van der Waals surface area (Å²) in [6, 6.07) is 8.25. The first-order valence-corrected chi connectivity index (χ1v) is 8.70. The molecule has 0 saturated carbocycles. The first-order chi connectivity index (χ1) is 14.4. The number of nitrogens with one attached hydrogen (secondary N) is 1. The predicted molar refractivity (Wildman–Crippen MR) is 103 cm³/mol. The number of carbonyl (C=O) groups excluding carboxylic acids is 1. The highest BCUT2D eigenvalue weighted by molar-refractivity contribution is 5.91. The molecular weight excluding hydrogens is 399 g/mol. The summed E-state index contributed by atoms with van der Waals surface area (Å²) in [4.78, 5) is 26.2. The highest BCUT2D eigenvalue weighted by Crippen LogP contribution is 2.31. The minimum atomic E-state index is -0.980. The van der Waals surface area contributed by atoms with Crippen molar-refractivity contribution in [2.75, 3.05) is 19.5 Å². The SMILES string of the molecule is COc1ccc(-c2noc(CCC(=O)Nc3ccc(F)c([N+](=O)[O-])c3)n2)cc1OC. The Hall–Kier alpha value is -4.02. The molecule has 0 spiro atoms. The van der Waals surface area contributed by atoms with Crippen LogP contribution < -0.4 is 14.8 Å². The summed E-state index contributed by atoms with van der Waals surface area (Å²) < 4.78 is 28.9. The Labute approximate surface area is 169 Å². The topological polar surface area (TPSA) is 130 Å². The van der Waals surface area contributed by atoms with Gasteiger partial charge in [-0.3, -0.25) is 14.9 Å². The van der Waals surface area contributed by atoms with Gasteiger partial charge in [0, 0.05) is 30.2 Å². The van der Waals surface area contributed by atoms with E-state index in [0.29, 0.717) is 22.9 Å². The van der Waals surface area contributed by atoms with E-state index in [1.54, 1.807) is 18.2 Å². The molecule has 1 amide bonds. The molecule has 0 unspecified atom stereocenters. The summed E-state index contributed by atoms with van der Waals surface area (Å²) in [5, 5.41) is 17.1. The number of anilines is 1. The largest absolute Gasteiger partial charge is 0.493 e. The monoisotopic (exact) mass is 416 g/mol. The van der Waals surface area contributed by atoms with Gasteiger partial charge in [0.05, 0.1) is 19.1 Å². The molecule has 30 heavy (non-hydrogen) atoms. The number of rotatable bonds is 8. The number of hydrogen-bond donors (Lipinski definition) is 1. The van der Waals surface area contributed by atoms with E-state index in [1.165, 1.54) is 20.3 Å². The van der Waals surface area contributed by atoms with E-state index in [2.05, 4.69) is 15.5 Å². The zero-order chi connectivity index (χ0) is 21.7. The Balaban J connectivity index is 1.62. The second-order valence-corrected chi connectivity index (χ2v) is 6.05. The second kappa shape index (κ2) is 8.99. The third-order valence-corrected chi connectivity index (χ3v) is 4.10. The number of aromatic nitrogens is 2. The van der Waals surface area contributed by atoms with Gasteiger partial charge in [0.1, 0.15) is 0 Å². The van der Waals surface area contributed by atoms with E-state index in [0.717, 1.165) is 12.1 Å². The van der Waals surface area contributed by atoms with Crippen LogP contribution in [0.4, 0.5) is 15.8 Å². The van der Waals surface area contributed by atoms with Crippen molar-refractivity contribution in [2.24, 2.45) is 0 Å². The first-order valence-electron chi connectivity index (χ1n) is 8.70. The quantitative estimate of drug-likeness (QED) is 0.437. The van der Waals surface area contributed by atoms with Crippen LogP contribution in [-0.4, -0.2) is 35.2 Å². The van der Waals surface area contributed by atoms with Crippen molar-refractivity contribution in [3.63, 3.8) is 0 Å². The highest BCUT2D eigenvalue weighted by atomic mass is 19.1. The normalized spacial score (nSPS) is 10.5. The van der Waals surface area contributed by atoms with Crippen LogP contribution in [0.2, 0.25) is 0 Å². The molecule has 156 valence electrons. The molecule has 0 bridgehead atoms. The number of benzene rings is 2. The third-order valence-electron chi connectivity index (χ3n) is 4.10. The number of nitrogens with zero attached hydrogens (tertiary/aromatic N) is 3. The number of ether oxygens (including phenoxy) is 2. The van der Waals surface area contributed by atoms with Crippen molar-refractivity contribution < 1.29 is 28.1 Å². The number of carbonyl (C=O) groups is 1. The summed E-state index contributed by atoms with van der Waals surface area (Å²) in [6.07, 6.45) is 0.133. The molecule has 3 rings (SSSR count). The van der Waals surface area contributed by atoms with Gasteiger partial charge in [-0.15, -0.1) is 0 Å². The van der Waals surface area contributed by atoms with Gasteiger partial charge in [0.15, 0.2) is 11.5 Å². The van der Waals surface area contributed by atoms with Crippen LogP contribution in [0, 0.1) is 15.9 Å². The molecule has 11 heteroatoms. The van der Waals surface area contributed by atoms with E-state index < -0.39 is 22.3 Å². The van der Waals surface area contributed by atoms with Crippen LogP contribution >= 0.6 is 0 Å². The number of halogens is 1. The van der Waals surface area contributed by atoms with Gasteiger partial charge >= 0.3 is 5.69 Å². The van der Waals surface area contributed by atoms with E-state index >= 15 is 0 Å². The molecule has 0 aliphatic rings.